The lowest BCUT2D eigenvalue weighted by Gasteiger charge is -2.03. The molecular formula is C14H11BrO2. The standard InChI is InChI=1S/C14H11BrO2/c15-12-7-4-8-14(13(16)9-12)17-10-11-5-2-1-3-6-11/h1-9H,10H2. The van der Waals surface area contributed by atoms with E-state index in [1.165, 1.54) is 6.07 Å². The summed E-state index contributed by atoms with van der Waals surface area (Å²) in [7, 11) is 0. The molecular weight excluding hydrogens is 280 g/mol. The summed E-state index contributed by atoms with van der Waals surface area (Å²) in [5.41, 5.74) is 0.912. The van der Waals surface area contributed by atoms with E-state index < -0.39 is 0 Å². The van der Waals surface area contributed by atoms with Crippen LogP contribution >= 0.6 is 15.9 Å². The first kappa shape index (κ1) is 11.9. The minimum atomic E-state index is -0.127. The van der Waals surface area contributed by atoms with Gasteiger partial charge in [0.2, 0.25) is 5.43 Å². The highest BCUT2D eigenvalue weighted by atomic mass is 79.9. The Bertz CT molecular complexity index is 552. The van der Waals surface area contributed by atoms with Crippen LogP contribution in [-0.2, 0) is 6.61 Å². The van der Waals surface area contributed by atoms with Crippen molar-refractivity contribution in [3.05, 3.63) is 74.9 Å². The van der Waals surface area contributed by atoms with Gasteiger partial charge in [-0.3, -0.25) is 4.79 Å². The summed E-state index contributed by atoms with van der Waals surface area (Å²) >= 11 is 3.27. The van der Waals surface area contributed by atoms with Crippen LogP contribution in [0.25, 0.3) is 0 Å². The van der Waals surface area contributed by atoms with Gasteiger partial charge in [0.15, 0.2) is 5.75 Å². The molecule has 0 unspecified atom stereocenters. The first-order valence-electron chi connectivity index (χ1n) is 5.22. The van der Waals surface area contributed by atoms with Gasteiger partial charge in [0.05, 0.1) is 0 Å². The van der Waals surface area contributed by atoms with Gasteiger partial charge in [0.25, 0.3) is 0 Å². The fourth-order valence-corrected chi connectivity index (χ4v) is 1.77. The largest absolute Gasteiger partial charge is 0.485 e. The molecule has 2 aromatic carbocycles. The van der Waals surface area contributed by atoms with E-state index in [0.717, 1.165) is 10.0 Å². The summed E-state index contributed by atoms with van der Waals surface area (Å²) in [4.78, 5) is 11.7. The highest BCUT2D eigenvalue weighted by molar-refractivity contribution is 9.10. The fraction of sp³-hybridized carbons (Fsp3) is 0.0714. The van der Waals surface area contributed by atoms with Gasteiger partial charge in [0.1, 0.15) is 6.61 Å². The SMILES string of the molecule is O=c1cc(Br)cccc1OCc1ccccc1. The molecule has 0 N–H and O–H groups in total. The van der Waals surface area contributed by atoms with E-state index in [9.17, 15) is 4.79 Å². The number of rotatable bonds is 3. The second-order valence-corrected chi connectivity index (χ2v) is 4.47. The van der Waals surface area contributed by atoms with Crippen molar-refractivity contribution in [1.82, 2.24) is 0 Å². The van der Waals surface area contributed by atoms with Gasteiger partial charge in [-0.2, -0.15) is 0 Å². The number of ether oxygens (including phenoxy) is 1. The Balaban J connectivity index is 2.16. The summed E-state index contributed by atoms with van der Waals surface area (Å²) in [6.07, 6.45) is 0. The van der Waals surface area contributed by atoms with Crippen molar-refractivity contribution in [2.24, 2.45) is 0 Å². The zero-order chi connectivity index (χ0) is 12.1. The minimum Gasteiger partial charge on any atom is -0.485 e. The Morgan fingerprint density at radius 2 is 1.76 bits per heavy atom. The predicted molar refractivity (Wildman–Crippen MR) is 71.2 cm³/mol. The maximum Gasteiger partial charge on any atom is 0.221 e. The molecule has 2 rings (SSSR count). The molecule has 0 aromatic heterocycles. The van der Waals surface area contributed by atoms with Gasteiger partial charge in [-0.1, -0.05) is 52.3 Å². The lowest BCUT2D eigenvalue weighted by Crippen LogP contribution is -2.04. The van der Waals surface area contributed by atoms with Crippen LogP contribution in [0.1, 0.15) is 5.56 Å². The Hall–Kier alpha value is -1.61. The van der Waals surface area contributed by atoms with Crippen molar-refractivity contribution in [3.8, 4) is 5.75 Å². The van der Waals surface area contributed by atoms with Crippen LogP contribution in [-0.4, -0.2) is 0 Å². The van der Waals surface area contributed by atoms with Gasteiger partial charge >= 0.3 is 0 Å². The molecule has 0 aliphatic heterocycles. The Morgan fingerprint density at radius 1 is 1.00 bits per heavy atom. The average Bonchev–Trinajstić information content (AvgIpc) is 2.49. The van der Waals surface area contributed by atoms with Gasteiger partial charge < -0.3 is 4.74 Å². The third kappa shape index (κ3) is 3.43. The van der Waals surface area contributed by atoms with E-state index in [0.29, 0.717) is 12.4 Å². The first-order chi connectivity index (χ1) is 8.25. The van der Waals surface area contributed by atoms with Crippen LogP contribution in [0.3, 0.4) is 0 Å². The molecule has 17 heavy (non-hydrogen) atoms. The van der Waals surface area contributed by atoms with Gasteiger partial charge in [-0.25, -0.2) is 0 Å². The van der Waals surface area contributed by atoms with Crippen LogP contribution in [0.2, 0.25) is 0 Å². The van der Waals surface area contributed by atoms with Gasteiger partial charge in [-0.15, -0.1) is 0 Å². The molecule has 0 fully saturated rings. The van der Waals surface area contributed by atoms with Crippen LogP contribution in [0.15, 0.2) is 63.9 Å². The molecule has 0 saturated heterocycles. The van der Waals surface area contributed by atoms with Crippen LogP contribution in [0.4, 0.5) is 0 Å². The maximum atomic E-state index is 11.7. The summed E-state index contributed by atoms with van der Waals surface area (Å²) in [5.74, 6) is 0.361. The smallest absolute Gasteiger partial charge is 0.221 e. The monoisotopic (exact) mass is 290 g/mol. The summed E-state index contributed by atoms with van der Waals surface area (Å²) in [6.45, 7) is 0.401. The van der Waals surface area contributed by atoms with Crippen molar-refractivity contribution in [2.75, 3.05) is 0 Å². The molecule has 0 aliphatic carbocycles. The number of hydrogen-bond acceptors (Lipinski definition) is 2. The molecule has 3 heteroatoms. The normalized spacial score (nSPS) is 9.94. The second-order valence-electron chi connectivity index (χ2n) is 3.56. The highest BCUT2D eigenvalue weighted by Crippen LogP contribution is 2.10. The van der Waals surface area contributed by atoms with Crippen molar-refractivity contribution >= 4 is 15.9 Å². The quantitative estimate of drug-likeness (QED) is 0.866. The average molecular weight is 291 g/mol. The van der Waals surface area contributed by atoms with Crippen molar-refractivity contribution in [2.45, 2.75) is 6.61 Å². The second kappa shape index (κ2) is 5.64. The lowest BCUT2D eigenvalue weighted by atomic mass is 10.2. The highest BCUT2D eigenvalue weighted by Gasteiger charge is 1.99. The molecule has 0 amide bonds. The van der Waals surface area contributed by atoms with Crippen LogP contribution < -0.4 is 10.2 Å². The first-order valence-corrected chi connectivity index (χ1v) is 6.01. The van der Waals surface area contributed by atoms with E-state index in [1.54, 1.807) is 18.2 Å². The Labute approximate surface area is 108 Å². The summed E-state index contributed by atoms with van der Waals surface area (Å²) in [5, 5.41) is 0. The molecule has 0 radical (unpaired) electrons. The van der Waals surface area contributed by atoms with Gasteiger partial charge in [0, 0.05) is 10.5 Å². The topological polar surface area (TPSA) is 26.3 Å². The van der Waals surface area contributed by atoms with E-state index in [2.05, 4.69) is 15.9 Å². The summed E-state index contributed by atoms with van der Waals surface area (Å²) in [6, 6.07) is 16.5. The maximum absolute atomic E-state index is 11.7. The van der Waals surface area contributed by atoms with E-state index in [-0.39, 0.29) is 5.43 Å². The molecule has 0 saturated carbocycles. The lowest BCUT2D eigenvalue weighted by molar-refractivity contribution is 0.304. The molecule has 2 nitrogen and oxygen atoms in total. The number of halogens is 1. The minimum absolute atomic E-state index is 0.127. The molecule has 86 valence electrons. The Morgan fingerprint density at radius 3 is 2.53 bits per heavy atom. The van der Waals surface area contributed by atoms with Crippen LogP contribution in [0.5, 0.6) is 5.75 Å². The zero-order valence-corrected chi connectivity index (χ0v) is 10.7. The zero-order valence-electron chi connectivity index (χ0n) is 9.10. The Kier molecular flexibility index (Phi) is 3.94. The molecule has 0 spiro atoms. The third-order valence-electron chi connectivity index (χ3n) is 2.25. The molecule has 0 aliphatic rings. The number of hydrogen-bond donors (Lipinski definition) is 0. The molecule has 2 aromatic rings. The summed E-state index contributed by atoms with van der Waals surface area (Å²) < 4.78 is 6.25. The number of benzene rings is 1. The van der Waals surface area contributed by atoms with E-state index >= 15 is 0 Å². The van der Waals surface area contributed by atoms with Crippen LogP contribution in [0, 0.1) is 0 Å². The predicted octanol–water partition coefficient (Wildman–Crippen LogP) is 3.39. The van der Waals surface area contributed by atoms with Crippen molar-refractivity contribution in [3.63, 3.8) is 0 Å². The van der Waals surface area contributed by atoms with E-state index in [4.69, 9.17) is 4.74 Å². The third-order valence-corrected chi connectivity index (χ3v) is 2.75. The molecule has 0 bridgehead atoms. The van der Waals surface area contributed by atoms with Crippen molar-refractivity contribution in [1.29, 1.82) is 0 Å². The van der Waals surface area contributed by atoms with Gasteiger partial charge in [-0.05, 0) is 17.7 Å². The fourth-order valence-electron chi connectivity index (χ4n) is 1.41. The van der Waals surface area contributed by atoms with Crippen molar-refractivity contribution < 1.29 is 4.74 Å². The van der Waals surface area contributed by atoms with E-state index in [1.807, 2.05) is 30.3 Å². The molecule has 0 heterocycles. The molecule has 0 atom stereocenters.